The average molecular weight is 509 g/mol. The molecule has 2 aromatic rings. The Bertz CT molecular complexity index is 1240. The van der Waals surface area contributed by atoms with E-state index in [9.17, 15) is 9.90 Å². The summed E-state index contributed by atoms with van der Waals surface area (Å²) in [5.41, 5.74) is 3.22. The van der Waals surface area contributed by atoms with Crippen LogP contribution in [0.15, 0.2) is 54.6 Å². The Hall–Kier alpha value is -2.37. The first-order chi connectivity index (χ1) is 18.2. The standard InChI is InChI=1S/C36H44O2/c1-25(37)31-15-16-32-30-14-13-29-24-36(38,22-21-34(29,2)33(30)18-19-35(31,32)3)20-17-26-9-11-28(12-10-26)23-27-7-5-4-6-8-27/h4-12,29-33,38H,13-16,18-19,21-24H2,1-3H3/t29?,30-,31+,32-,33-,34-,35+,36?/m0/s1. The molecule has 4 aliphatic carbocycles. The normalized spacial score (nSPS) is 39.7. The van der Waals surface area contributed by atoms with Crippen LogP contribution < -0.4 is 0 Å². The monoisotopic (exact) mass is 508 g/mol. The molecule has 8 atom stereocenters. The van der Waals surface area contributed by atoms with E-state index in [2.05, 4.69) is 80.3 Å². The van der Waals surface area contributed by atoms with Crippen molar-refractivity contribution in [2.45, 2.75) is 90.6 Å². The maximum atomic E-state index is 12.4. The van der Waals surface area contributed by atoms with Crippen LogP contribution in [0.25, 0.3) is 0 Å². The third-order valence-corrected chi connectivity index (χ3v) is 11.9. The molecule has 0 saturated heterocycles. The van der Waals surface area contributed by atoms with E-state index in [1.807, 2.05) is 6.92 Å². The number of carbonyl (C=O) groups excluding carboxylic acids is 1. The molecule has 0 aliphatic heterocycles. The SMILES string of the molecule is CC(=O)[C@H]1CC[C@H]2[C@@H]3CCC4CC(O)(C#Cc5ccc(Cc6ccccc6)cc5)CC[C@]4(C)[C@H]3CC[C@]12C. The number of fused-ring (bicyclic) bond motifs is 5. The van der Waals surface area contributed by atoms with E-state index < -0.39 is 5.60 Å². The van der Waals surface area contributed by atoms with E-state index in [0.717, 1.165) is 49.5 Å². The van der Waals surface area contributed by atoms with Gasteiger partial charge < -0.3 is 5.11 Å². The highest BCUT2D eigenvalue weighted by Gasteiger charge is 2.61. The number of aliphatic hydroxyl groups is 1. The summed E-state index contributed by atoms with van der Waals surface area (Å²) in [6.07, 6.45) is 10.9. The minimum atomic E-state index is -0.879. The minimum absolute atomic E-state index is 0.216. The molecule has 4 fully saturated rings. The van der Waals surface area contributed by atoms with Gasteiger partial charge >= 0.3 is 0 Å². The Kier molecular flexibility index (Phi) is 6.59. The molecule has 4 saturated carbocycles. The molecule has 2 heteroatoms. The van der Waals surface area contributed by atoms with Gasteiger partial charge in [0.25, 0.3) is 0 Å². The van der Waals surface area contributed by atoms with Crippen LogP contribution in [0.1, 0.15) is 95.2 Å². The first-order valence-electron chi connectivity index (χ1n) is 15.1. The second-order valence-corrected chi connectivity index (χ2v) is 13.8. The van der Waals surface area contributed by atoms with Gasteiger partial charge in [0.05, 0.1) is 0 Å². The predicted octanol–water partition coefficient (Wildman–Crippen LogP) is 7.61. The smallest absolute Gasteiger partial charge is 0.133 e. The Balaban J connectivity index is 1.13. The van der Waals surface area contributed by atoms with Crippen molar-refractivity contribution in [1.29, 1.82) is 0 Å². The van der Waals surface area contributed by atoms with Gasteiger partial charge in [0, 0.05) is 11.5 Å². The summed E-state index contributed by atoms with van der Waals surface area (Å²) < 4.78 is 0. The number of ketones is 1. The van der Waals surface area contributed by atoms with Gasteiger partial charge in [0.15, 0.2) is 0 Å². The lowest BCUT2D eigenvalue weighted by atomic mass is 9.44. The fourth-order valence-corrected chi connectivity index (χ4v) is 9.75. The number of hydrogen-bond acceptors (Lipinski definition) is 2. The summed E-state index contributed by atoms with van der Waals surface area (Å²) >= 11 is 0. The lowest BCUT2D eigenvalue weighted by Crippen LogP contribution is -2.56. The summed E-state index contributed by atoms with van der Waals surface area (Å²) in [6.45, 7) is 6.79. The maximum Gasteiger partial charge on any atom is 0.133 e. The second-order valence-electron chi connectivity index (χ2n) is 13.8. The van der Waals surface area contributed by atoms with Crippen molar-refractivity contribution in [2.24, 2.45) is 40.4 Å². The molecule has 6 rings (SSSR count). The van der Waals surface area contributed by atoms with Gasteiger partial charge in [0.1, 0.15) is 11.4 Å². The largest absolute Gasteiger partial charge is 0.378 e. The van der Waals surface area contributed by atoms with E-state index in [4.69, 9.17) is 0 Å². The van der Waals surface area contributed by atoms with Crippen molar-refractivity contribution in [1.82, 2.24) is 0 Å². The summed E-state index contributed by atoms with van der Waals surface area (Å²) in [5.74, 6) is 10.1. The van der Waals surface area contributed by atoms with Crippen LogP contribution in [0.4, 0.5) is 0 Å². The van der Waals surface area contributed by atoms with E-state index in [1.165, 1.54) is 43.2 Å². The zero-order valence-corrected chi connectivity index (χ0v) is 23.5. The number of hydrogen-bond donors (Lipinski definition) is 1. The Morgan fingerprint density at radius 1 is 0.842 bits per heavy atom. The summed E-state index contributed by atoms with van der Waals surface area (Å²) in [5, 5.41) is 11.6. The van der Waals surface area contributed by atoms with Crippen molar-refractivity contribution in [3.8, 4) is 11.8 Å². The lowest BCUT2D eigenvalue weighted by Gasteiger charge is -2.61. The van der Waals surface area contributed by atoms with E-state index in [1.54, 1.807) is 0 Å². The molecule has 0 spiro atoms. The minimum Gasteiger partial charge on any atom is -0.378 e. The van der Waals surface area contributed by atoms with Crippen LogP contribution >= 0.6 is 0 Å². The van der Waals surface area contributed by atoms with Crippen LogP contribution in [0, 0.1) is 52.3 Å². The fraction of sp³-hybridized carbons (Fsp3) is 0.583. The van der Waals surface area contributed by atoms with Crippen molar-refractivity contribution < 1.29 is 9.90 Å². The Morgan fingerprint density at radius 3 is 2.29 bits per heavy atom. The first-order valence-corrected chi connectivity index (χ1v) is 15.1. The number of benzene rings is 2. The molecule has 2 unspecified atom stereocenters. The first kappa shape index (κ1) is 25.9. The molecule has 1 N–H and O–H groups in total. The molecule has 0 heterocycles. The van der Waals surface area contributed by atoms with Crippen molar-refractivity contribution >= 4 is 5.78 Å². The molecule has 200 valence electrons. The summed E-state index contributed by atoms with van der Waals surface area (Å²) in [6, 6.07) is 19.1. The van der Waals surface area contributed by atoms with Crippen LogP contribution in [-0.2, 0) is 11.2 Å². The van der Waals surface area contributed by atoms with Crippen LogP contribution in [-0.4, -0.2) is 16.5 Å². The number of rotatable bonds is 3. The van der Waals surface area contributed by atoms with Gasteiger partial charge in [-0.25, -0.2) is 0 Å². The number of carbonyl (C=O) groups is 1. The van der Waals surface area contributed by atoms with Crippen LogP contribution in [0.2, 0.25) is 0 Å². The zero-order chi connectivity index (χ0) is 26.5. The highest BCUT2D eigenvalue weighted by molar-refractivity contribution is 5.79. The van der Waals surface area contributed by atoms with Crippen molar-refractivity contribution in [2.75, 3.05) is 0 Å². The number of Topliss-reactive ketones (excluding diaryl/α,β-unsaturated/α-hetero) is 1. The maximum absolute atomic E-state index is 12.4. The molecular formula is C36H44O2. The predicted molar refractivity (Wildman–Crippen MR) is 153 cm³/mol. The highest BCUT2D eigenvalue weighted by atomic mass is 16.3. The molecular weight excluding hydrogens is 464 g/mol. The molecule has 4 aliphatic rings. The zero-order valence-electron chi connectivity index (χ0n) is 23.5. The summed E-state index contributed by atoms with van der Waals surface area (Å²) in [4.78, 5) is 12.4. The van der Waals surface area contributed by atoms with Gasteiger partial charge in [-0.3, -0.25) is 4.79 Å². The van der Waals surface area contributed by atoms with Gasteiger partial charge in [-0.15, -0.1) is 0 Å². The topological polar surface area (TPSA) is 37.3 Å². The van der Waals surface area contributed by atoms with Gasteiger partial charge in [-0.1, -0.05) is 68.2 Å². The van der Waals surface area contributed by atoms with Crippen LogP contribution in [0.5, 0.6) is 0 Å². The Morgan fingerprint density at radius 2 is 1.55 bits per heavy atom. The summed E-state index contributed by atoms with van der Waals surface area (Å²) in [7, 11) is 0. The van der Waals surface area contributed by atoms with Crippen molar-refractivity contribution in [3.63, 3.8) is 0 Å². The molecule has 0 amide bonds. The van der Waals surface area contributed by atoms with Gasteiger partial charge in [-0.05, 0) is 129 Å². The lowest BCUT2D eigenvalue weighted by molar-refractivity contribution is -0.144. The Labute approximate surface area is 229 Å². The third kappa shape index (κ3) is 4.46. The molecule has 38 heavy (non-hydrogen) atoms. The second kappa shape index (κ2) is 9.67. The van der Waals surface area contributed by atoms with Crippen molar-refractivity contribution in [3.05, 3.63) is 71.3 Å². The van der Waals surface area contributed by atoms with Gasteiger partial charge in [0.2, 0.25) is 0 Å². The quantitative estimate of drug-likeness (QED) is 0.433. The van der Waals surface area contributed by atoms with E-state index in [0.29, 0.717) is 23.0 Å². The van der Waals surface area contributed by atoms with E-state index in [-0.39, 0.29) is 11.3 Å². The average Bonchev–Trinajstić information content (AvgIpc) is 3.27. The molecule has 0 radical (unpaired) electrons. The molecule has 2 nitrogen and oxygen atoms in total. The molecule has 0 aromatic heterocycles. The third-order valence-electron chi connectivity index (χ3n) is 11.9. The van der Waals surface area contributed by atoms with Gasteiger partial charge in [-0.2, -0.15) is 0 Å². The fourth-order valence-electron chi connectivity index (χ4n) is 9.75. The molecule has 2 aromatic carbocycles. The highest BCUT2D eigenvalue weighted by Crippen LogP contribution is 2.68. The van der Waals surface area contributed by atoms with Crippen LogP contribution in [0.3, 0.4) is 0 Å². The molecule has 0 bridgehead atoms. The van der Waals surface area contributed by atoms with E-state index >= 15 is 0 Å².